The average Bonchev–Trinajstić information content (AvgIpc) is 3.07. The second-order valence-corrected chi connectivity index (χ2v) is 7.22. The molecule has 1 aromatic heterocycles. The van der Waals surface area contributed by atoms with Gasteiger partial charge in [0.05, 0.1) is 20.3 Å². The minimum absolute atomic E-state index is 0.0479. The molecule has 1 fully saturated rings. The first-order valence-corrected chi connectivity index (χ1v) is 10.6. The number of urea groups is 1. The second-order valence-electron chi connectivity index (χ2n) is 7.22. The number of hydrogen-bond acceptors (Lipinski definition) is 7. The third kappa shape index (κ3) is 8.06. The van der Waals surface area contributed by atoms with E-state index in [1.54, 1.807) is 19.1 Å². The highest BCUT2D eigenvalue weighted by Crippen LogP contribution is 2.13. The highest BCUT2D eigenvalue weighted by molar-refractivity contribution is 5.86. The smallest absolute Gasteiger partial charge is 0.373 e. The van der Waals surface area contributed by atoms with Crippen molar-refractivity contribution in [3.05, 3.63) is 23.7 Å². The van der Waals surface area contributed by atoms with Crippen molar-refractivity contribution < 1.29 is 28.3 Å². The van der Waals surface area contributed by atoms with Crippen molar-refractivity contribution in [2.45, 2.75) is 45.6 Å². The Morgan fingerprint density at radius 3 is 2.70 bits per heavy atom. The lowest BCUT2D eigenvalue weighted by Crippen LogP contribution is -2.42. The van der Waals surface area contributed by atoms with Crippen LogP contribution in [0.3, 0.4) is 0 Å². The Morgan fingerprint density at radius 1 is 1.10 bits per heavy atom. The van der Waals surface area contributed by atoms with E-state index >= 15 is 0 Å². The molecule has 1 aromatic rings. The molecule has 0 spiro atoms. The van der Waals surface area contributed by atoms with Crippen LogP contribution in [0.4, 0.5) is 4.79 Å². The highest BCUT2D eigenvalue weighted by atomic mass is 16.5. The van der Waals surface area contributed by atoms with Gasteiger partial charge in [-0.25, -0.2) is 9.59 Å². The topological polar surface area (TPSA) is 101 Å². The van der Waals surface area contributed by atoms with Gasteiger partial charge in [0.15, 0.2) is 0 Å². The van der Waals surface area contributed by atoms with Crippen LogP contribution < -0.4 is 5.32 Å². The normalized spacial score (nSPS) is 14.8. The molecule has 2 amide bonds. The zero-order chi connectivity index (χ0) is 21.8. The molecule has 0 aliphatic carbocycles. The molecule has 0 saturated carbocycles. The Morgan fingerprint density at radius 2 is 1.93 bits per heavy atom. The molecule has 2 rings (SSSR count). The Kier molecular flexibility index (Phi) is 10.2. The van der Waals surface area contributed by atoms with Gasteiger partial charge in [-0.3, -0.25) is 9.69 Å². The van der Waals surface area contributed by atoms with E-state index in [0.29, 0.717) is 45.0 Å². The summed E-state index contributed by atoms with van der Waals surface area (Å²) >= 11 is 0. The summed E-state index contributed by atoms with van der Waals surface area (Å²) in [5.74, 6) is 0.259. The summed E-state index contributed by atoms with van der Waals surface area (Å²) in [7, 11) is 1.32. The van der Waals surface area contributed by atoms with Crippen molar-refractivity contribution in [3.8, 4) is 0 Å². The molecular formula is C21H33N3O6. The quantitative estimate of drug-likeness (QED) is 0.455. The molecule has 168 valence electrons. The zero-order valence-corrected chi connectivity index (χ0v) is 18.0. The van der Waals surface area contributed by atoms with Crippen LogP contribution in [-0.4, -0.2) is 74.2 Å². The maximum atomic E-state index is 12.4. The first-order chi connectivity index (χ1) is 14.5. The third-order valence-electron chi connectivity index (χ3n) is 4.94. The maximum absolute atomic E-state index is 12.4. The average molecular weight is 424 g/mol. The Bertz CT molecular complexity index is 690. The van der Waals surface area contributed by atoms with Crippen molar-refractivity contribution in [2.75, 3.05) is 46.4 Å². The van der Waals surface area contributed by atoms with Crippen LogP contribution in [0.25, 0.3) is 0 Å². The number of carbonyl (C=O) groups is 3. The van der Waals surface area contributed by atoms with Gasteiger partial charge in [0.2, 0.25) is 5.76 Å². The summed E-state index contributed by atoms with van der Waals surface area (Å²) in [5, 5.41) is 2.96. The number of rotatable bonds is 10. The fourth-order valence-electron chi connectivity index (χ4n) is 3.34. The van der Waals surface area contributed by atoms with Gasteiger partial charge in [0.1, 0.15) is 5.76 Å². The molecule has 0 unspecified atom stereocenters. The maximum Gasteiger partial charge on any atom is 0.373 e. The number of esters is 2. The Labute approximate surface area is 177 Å². The molecule has 0 atom stereocenters. The van der Waals surface area contributed by atoms with Gasteiger partial charge in [-0.15, -0.1) is 0 Å². The van der Waals surface area contributed by atoms with Crippen molar-refractivity contribution >= 4 is 18.0 Å². The summed E-state index contributed by atoms with van der Waals surface area (Å²) in [4.78, 5) is 39.2. The molecule has 1 aliphatic heterocycles. The van der Waals surface area contributed by atoms with Gasteiger partial charge in [-0.2, -0.15) is 0 Å². The predicted octanol–water partition coefficient (Wildman–Crippen LogP) is 2.41. The van der Waals surface area contributed by atoms with Gasteiger partial charge < -0.3 is 24.1 Å². The fourth-order valence-corrected chi connectivity index (χ4v) is 3.34. The standard InChI is InChI=1S/C21H33N3O6/c1-3-29-19(25)8-5-4-6-11-22-21(27)24-13-7-12-23(14-15-24)16-17-9-10-18(30-17)20(26)28-2/h9-10H,3-8,11-16H2,1-2H3,(H,22,27). The number of hydrogen-bond donors (Lipinski definition) is 1. The van der Waals surface area contributed by atoms with E-state index in [2.05, 4.69) is 15.0 Å². The third-order valence-corrected chi connectivity index (χ3v) is 4.94. The van der Waals surface area contributed by atoms with Crippen molar-refractivity contribution in [1.29, 1.82) is 0 Å². The van der Waals surface area contributed by atoms with Crippen molar-refractivity contribution in [3.63, 3.8) is 0 Å². The highest BCUT2D eigenvalue weighted by Gasteiger charge is 2.20. The Hall–Kier alpha value is -2.55. The van der Waals surface area contributed by atoms with E-state index in [9.17, 15) is 14.4 Å². The SMILES string of the molecule is CCOC(=O)CCCCCNC(=O)N1CCCN(Cc2ccc(C(=O)OC)o2)CC1. The van der Waals surface area contributed by atoms with Crippen molar-refractivity contribution in [1.82, 2.24) is 15.1 Å². The van der Waals surface area contributed by atoms with Gasteiger partial charge >= 0.3 is 18.0 Å². The fraction of sp³-hybridized carbons (Fsp3) is 0.667. The molecule has 1 saturated heterocycles. The van der Waals surface area contributed by atoms with Crippen LogP contribution in [-0.2, 0) is 20.8 Å². The molecule has 0 radical (unpaired) electrons. The van der Waals surface area contributed by atoms with Crippen LogP contribution in [0, 0.1) is 0 Å². The summed E-state index contributed by atoms with van der Waals surface area (Å²) in [6, 6.07) is 3.35. The van der Waals surface area contributed by atoms with Gasteiger partial charge in [0.25, 0.3) is 0 Å². The predicted molar refractivity (Wildman–Crippen MR) is 110 cm³/mol. The first-order valence-electron chi connectivity index (χ1n) is 10.6. The molecule has 9 heteroatoms. The summed E-state index contributed by atoms with van der Waals surface area (Å²) in [6.45, 7) is 6.34. The number of furan rings is 1. The lowest BCUT2D eigenvalue weighted by molar-refractivity contribution is -0.143. The largest absolute Gasteiger partial charge is 0.466 e. The Balaban J connectivity index is 1.64. The zero-order valence-electron chi connectivity index (χ0n) is 18.0. The van der Waals surface area contributed by atoms with Crippen LogP contribution in [0.2, 0.25) is 0 Å². The number of carbonyl (C=O) groups excluding carboxylic acids is 3. The van der Waals surface area contributed by atoms with Gasteiger partial charge in [0, 0.05) is 39.1 Å². The monoisotopic (exact) mass is 423 g/mol. The number of nitrogens with zero attached hydrogens (tertiary/aromatic N) is 2. The van der Waals surface area contributed by atoms with Crippen LogP contribution in [0.1, 0.15) is 55.3 Å². The molecule has 9 nitrogen and oxygen atoms in total. The minimum Gasteiger partial charge on any atom is -0.466 e. The lowest BCUT2D eigenvalue weighted by atomic mass is 10.2. The van der Waals surface area contributed by atoms with Crippen LogP contribution in [0.5, 0.6) is 0 Å². The second kappa shape index (κ2) is 12.9. The molecule has 30 heavy (non-hydrogen) atoms. The summed E-state index contributed by atoms with van der Waals surface area (Å²) in [5.41, 5.74) is 0. The van der Waals surface area contributed by atoms with Gasteiger partial charge in [-0.05, 0) is 38.3 Å². The van der Waals surface area contributed by atoms with E-state index in [1.165, 1.54) is 7.11 Å². The van der Waals surface area contributed by atoms with Gasteiger partial charge in [-0.1, -0.05) is 6.42 Å². The summed E-state index contributed by atoms with van der Waals surface area (Å²) < 4.78 is 15.1. The van der Waals surface area contributed by atoms with E-state index in [4.69, 9.17) is 9.15 Å². The minimum atomic E-state index is -0.485. The van der Waals surface area contributed by atoms with Crippen LogP contribution >= 0.6 is 0 Å². The van der Waals surface area contributed by atoms with E-state index in [1.807, 2.05) is 4.90 Å². The molecule has 0 aromatic carbocycles. The molecule has 0 bridgehead atoms. The molecular weight excluding hydrogens is 390 g/mol. The first kappa shape index (κ1) is 23.7. The van der Waals surface area contributed by atoms with E-state index in [0.717, 1.165) is 38.8 Å². The summed E-state index contributed by atoms with van der Waals surface area (Å²) in [6.07, 6.45) is 3.80. The number of methoxy groups -OCH3 is 1. The number of amides is 2. The van der Waals surface area contributed by atoms with Crippen LogP contribution in [0.15, 0.2) is 16.5 Å². The number of nitrogens with one attached hydrogen (secondary N) is 1. The molecule has 1 N–H and O–H groups in total. The van der Waals surface area contributed by atoms with E-state index in [-0.39, 0.29) is 17.8 Å². The number of ether oxygens (including phenoxy) is 2. The van der Waals surface area contributed by atoms with E-state index < -0.39 is 5.97 Å². The molecule has 2 heterocycles. The van der Waals surface area contributed by atoms with Crippen molar-refractivity contribution in [2.24, 2.45) is 0 Å². The number of unbranched alkanes of at least 4 members (excludes halogenated alkanes) is 2. The lowest BCUT2D eigenvalue weighted by Gasteiger charge is -2.22. The molecule has 1 aliphatic rings.